The molecule has 104 valence electrons. The van der Waals surface area contributed by atoms with E-state index in [1.165, 1.54) is 44.9 Å². The first-order valence-corrected chi connectivity index (χ1v) is 8.16. The van der Waals surface area contributed by atoms with Crippen molar-refractivity contribution < 1.29 is 0 Å². The predicted octanol–water partition coefficient (Wildman–Crippen LogP) is 4.62. The second kappa shape index (κ2) is 6.09. The fourth-order valence-corrected chi connectivity index (χ4v) is 3.53. The molecule has 0 amide bonds. The van der Waals surface area contributed by atoms with Crippen LogP contribution in [0, 0.1) is 5.92 Å². The van der Waals surface area contributed by atoms with Gasteiger partial charge in [0.15, 0.2) is 0 Å². The lowest BCUT2D eigenvalue weighted by molar-refractivity contribution is 0.355. The second-order valence-corrected chi connectivity index (χ2v) is 6.58. The molecule has 2 aliphatic carbocycles. The Labute approximate surface area is 117 Å². The molecular formula is C18H27N. The quantitative estimate of drug-likeness (QED) is 0.776. The molecule has 0 aliphatic heterocycles. The third-order valence-corrected chi connectivity index (χ3v) is 4.99. The van der Waals surface area contributed by atoms with Gasteiger partial charge in [-0.05, 0) is 48.6 Å². The molecule has 0 heterocycles. The molecule has 2 fully saturated rings. The van der Waals surface area contributed by atoms with Crippen LogP contribution >= 0.6 is 0 Å². The highest BCUT2D eigenvalue weighted by Gasteiger charge is 2.26. The maximum absolute atomic E-state index is 3.85. The minimum absolute atomic E-state index is 0.731. The smallest absolute Gasteiger partial charge is 0.0211 e. The molecule has 1 aromatic carbocycles. The Morgan fingerprint density at radius 1 is 1.00 bits per heavy atom. The molecular weight excluding hydrogens is 230 g/mol. The van der Waals surface area contributed by atoms with Crippen molar-refractivity contribution in [3.05, 3.63) is 35.4 Å². The lowest BCUT2D eigenvalue weighted by atomic mass is 9.96. The number of benzene rings is 1. The summed E-state index contributed by atoms with van der Waals surface area (Å²) in [6, 6.07) is 9.78. The molecule has 0 spiro atoms. The Kier molecular flexibility index (Phi) is 4.22. The summed E-state index contributed by atoms with van der Waals surface area (Å²) in [7, 11) is 0. The van der Waals surface area contributed by atoms with Gasteiger partial charge in [-0.2, -0.15) is 0 Å². The monoisotopic (exact) mass is 257 g/mol. The Bertz CT molecular complexity index is 408. The zero-order valence-corrected chi connectivity index (χ0v) is 12.2. The third kappa shape index (κ3) is 3.39. The van der Waals surface area contributed by atoms with E-state index in [0.717, 1.165) is 24.4 Å². The first-order valence-electron chi connectivity index (χ1n) is 8.16. The molecule has 0 saturated heterocycles. The van der Waals surface area contributed by atoms with Gasteiger partial charge in [0.25, 0.3) is 0 Å². The van der Waals surface area contributed by atoms with Crippen LogP contribution in [-0.2, 0) is 6.54 Å². The molecule has 2 atom stereocenters. The summed E-state index contributed by atoms with van der Waals surface area (Å²) in [5, 5.41) is 3.85. The first-order chi connectivity index (χ1) is 9.34. The summed E-state index contributed by atoms with van der Waals surface area (Å²) in [4.78, 5) is 0. The highest BCUT2D eigenvalue weighted by atomic mass is 14.9. The summed E-state index contributed by atoms with van der Waals surface area (Å²) in [5.74, 6) is 1.71. The van der Waals surface area contributed by atoms with Gasteiger partial charge in [-0.25, -0.2) is 0 Å². The van der Waals surface area contributed by atoms with Crippen molar-refractivity contribution in [1.29, 1.82) is 0 Å². The van der Waals surface area contributed by atoms with E-state index >= 15 is 0 Å². The molecule has 19 heavy (non-hydrogen) atoms. The Morgan fingerprint density at radius 3 is 2.63 bits per heavy atom. The maximum Gasteiger partial charge on any atom is 0.0211 e. The zero-order valence-electron chi connectivity index (χ0n) is 12.2. The van der Waals surface area contributed by atoms with Crippen LogP contribution in [0.4, 0.5) is 0 Å². The standard InChI is InChI=1S/C18H27N/c1-14-7-3-2-4-10-18(14)19-13-16-8-5-6-9-17(16)15-11-12-15/h5-6,8-9,14-15,18-19H,2-4,7,10-13H2,1H3. The van der Waals surface area contributed by atoms with Crippen LogP contribution in [0.3, 0.4) is 0 Å². The van der Waals surface area contributed by atoms with Gasteiger partial charge in [0.1, 0.15) is 0 Å². The van der Waals surface area contributed by atoms with Gasteiger partial charge >= 0.3 is 0 Å². The minimum Gasteiger partial charge on any atom is -0.310 e. The maximum atomic E-state index is 3.85. The number of nitrogens with one attached hydrogen (secondary N) is 1. The fraction of sp³-hybridized carbons (Fsp3) is 0.667. The van der Waals surface area contributed by atoms with Crippen molar-refractivity contribution in [1.82, 2.24) is 5.32 Å². The molecule has 1 nitrogen and oxygen atoms in total. The van der Waals surface area contributed by atoms with Crippen LogP contribution in [-0.4, -0.2) is 6.04 Å². The SMILES string of the molecule is CC1CCCCCC1NCc1ccccc1C1CC1. The number of rotatable bonds is 4. The molecule has 0 bridgehead atoms. The summed E-state index contributed by atoms with van der Waals surface area (Å²) >= 11 is 0. The topological polar surface area (TPSA) is 12.0 Å². The van der Waals surface area contributed by atoms with Crippen molar-refractivity contribution in [3.63, 3.8) is 0 Å². The van der Waals surface area contributed by atoms with Gasteiger partial charge in [-0.15, -0.1) is 0 Å². The first kappa shape index (κ1) is 13.2. The van der Waals surface area contributed by atoms with E-state index in [1.807, 2.05) is 0 Å². The Morgan fingerprint density at radius 2 is 1.79 bits per heavy atom. The summed E-state index contributed by atoms with van der Waals surface area (Å²) in [5.41, 5.74) is 3.15. The highest BCUT2D eigenvalue weighted by Crippen LogP contribution is 2.41. The molecule has 1 heteroatoms. The second-order valence-electron chi connectivity index (χ2n) is 6.58. The molecule has 3 rings (SSSR count). The number of hydrogen-bond donors (Lipinski definition) is 1. The van der Waals surface area contributed by atoms with Crippen molar-refractivity contribution in [2.45, 2.75) is 70.4 Å². The lowest BCUT2D eigenvalue weighted by Crippen LogP contribution is -2.34. The fourth-order valence-electron chi connectivity index (χ4n) is 3.53. The molecule has 0 aromatic heterocycles. The Hall–Kier alpha value is -0.820. The van der Waals surface area contributed by atoms with Crippen molar-refractivity contribution in [3.8, 4) is 0 Å². The van der Waals surface area contributed by atoms with Crippen LogP contribution in [0.1, 0.15) is 68.9 Å². The average Bonchev–Trinajstić information content (AvgIpc) is 3.26. The van der Waals surface area contributed by atoms with Crippen LogP contribution in [0.5, 0.6) is 0 Å². The van der Waals surface area contributed by atoms with Gasteiger partial charge in [0.2, 0.25) is 0 Å². The summed E-state index contributed by atoms with van der Waals surface area (Å²) < 4.78 is 0. The zero-order chi connectivity index (χ0) is 13.1. The number of hydrogen-bond acceptors (Lipinski definition) is 1. The van der Waals surface area contributed by atoms with E-state index in [4.69, 9.17) is 0 Å². The Balaban J connectivity index is 1.62. The molecule has 2 aliphatic rings. The van der Waals surface area contributed by atoms with Crippen molar-refractivity contribution >= 4 is 0 Å². The van der Waals surface area contributed by atoms with Gasteiger partial charge in [0, 0.05) is 12.6 Å². The van der Waals surface area contributed by atoms with Crippen LogP contribution in [0.2, 0.25) is 0 Å². The van der Waals surface area contributed by atoms with Crippen LogP contribution in [0.25, 0.3) is 0 Å². The molecule has 2 saturated carbocycles. The van der Waals surface area contributed by atoms with E-state index in [1.54, 1.807) is 11.1 Å². The van der Waals surface area contributed by atoms with Gasteiger partial charge in [0.05, 0.1) is 0 Å². The predicted molar refractivity (Wildman–Crippen MR) is 81.3 cm³/mol. The van der Waals surface area contributed by atoms with Crippen molar-refractivity contribution in [2.24, 2.45) is 5.92 Å². The largest absolute Gasteiger partial charge is 0.310 e. The van der Waals surface area contributed by atoms with E-state index < -0.39 is 0 Å². The van der Waals surface area contributed by atoms with Gasteiger partial charge in [-0.1, -0.05) is 50.5 Å². The van der Waals surface area contributed by atoms with Gasteiger partial charge < -0.3 is 5.32 Å². The summed E-state index contributed by atoms with van der Waals surface area (Å²) in [6.07, 6.45) is 9.84. The normalized spacial score (nSPS) is 28.1. The average molecular weight is 257 g/mol. The van der Waals surface area contributed by atoms with Crippen LogP contribution in [0.15, 0.2) is 24.3 Å². The van der Waals surface area contributed by atoms with E-state index in [2.05, 4.69) is 36.5 Å². The van der Waals surface area contributed by atoms with Crippen molar-refractivity contribution in [2.75, 3.05) is 0 Å². The highest BCUT2D eigenvalue weighted by molar-refractivity contribution is 5.33. The van der Waals surface area contributed by atoms with Gasteiger partial charge in [-0.3, -0.25) is 0 Å². The van der Waals surface area contributed by atoms with E-state index in [0.29, 0.717) is 0 Å². The van der Waals surface area contributed by atoms with E-state index in [9.17, 15) is 0 Å². The lowest BCUT2D eigenvalue weighted by Gasteiger charge is -2.23. The molecule has 1 N–H and O–H groups in total. The molecule has 1 aromatic rings. The summed E-state index contributed by atoms with van der Waals surface area (Å²) in [6.45, 7) is 3.50. The molecule has 2 unspecified atom stereocenters. The minimum atomic E-state index is 0.731. The van der Waals surface area contributed by atoms with Crippen LogP contribution < -0.4 is 5.32 Å². The van der Waals surface area contributed by atoms with E-state index in [-0.39, 0.29) is 0 Å². The molecule has 0 radical (unpaired) electrons. The third-order valence-electron chi connectivity index (χ3n) is 4.99.